The van der Waals surface area contributed by atoms with Crippen LogP contribution in [0.5, 0.6) is 0 Å². The van der Waals surface area contributed by atoms with Crippen molar-refractivity contribution >= 4 is 28.3 Å². The molecular formula is C23H21N3O3S. The van der Waals surface area contributed by atoms with Gasteiger partial charge in [0.15, 0.2) is 0 Å². The largest absolute Gasteiger partial charge is 0.376 e. The summed E-state index contributed by atoms with van der Waals surface area (Å²) in [6, 6.07) is 13.8. The highest BCUT2D eigenvalue weighted by Crippen LogP contribution is 2.34. The molecule has 1 aliphatic rings. The van der Waals surface area contributed by atoms with Gasteiger partial charge in [-0.15, -0.1) is 11.3 Å². The Labute approximate surface area is 177 Å². The van der Waals surface area contributed by atoms with Gasteiger partial charge in [-0.2, -0.15) is 0 Å². The number of ether oxygens (including phenoxy) is 1. The SMILES string of the molecule is Cc1ccc(-c2noc3nc(-c4cccs4)cc(C(=O)NCC4CCCO4)c23)cc1. The van der Waals surface area contributed by atoms with Crippen LogP contribution >= 0.6 is 11.3 Å². The number of aryl methyl sites for hydroxylation is 1. The minimum absolute atomic E-state index is 0.0714. The fourth-order valence-corrected chi connectivity index (χ4v) is 4.38. The molecule has 1 saturated heterocycles. The zero-order chi connectivity index (χ0) is 20.5. The lowest BCUT2D eigenvalue weighted by atomic mass is 10.0. The number of carbonyl (C=O) groups excluding carboxylic acids is 1. The summed E-state index contributed by atoms with van der Waals surface area (Å²) in [6.07, 6.45) is 2.07. The number of benzene rings is 1. The normalized spacial score (nSPS) is 16.2. The average Bonchev–Trinajstić information content (AvgIpc) is 3.53. The number of nitrogens with one attached hydrogen (secondary N) is 1. The Morgan fingerprint density at radius 3 is 2.87 bits per heavy atom. The van der Waals surface area contributed by atoms with E-state index in [0.29, 0.717) is 34.6 Å². The van der Waals surface area contributed by atoms with E-state index in [9.17, 15) is 4.79 Å². The first-order valence-electron chi connectivity index (χ1n) is 10.00. The van der Waals surface area contributed by atoms with Gasteiger partial charge in [-0.05, 0) is 37.3 Å². The van der Waals surface area contributed by atoms with Gasteiger partial charge in [-0.25, -0.2) is 4.98 Å². The van der Waals surface area contributed by atoms with Crippen molar-refractivity contribution in [3.63, 3.8) is 0 Å². The number of carbonyl (C=O) groups is 1. The van der Waals surface area contributed by atoms with E-state index in [1.54, 1.807) is 11.3 Å². The number of aromatic nitrogens is 2. The molecule has 1 N–H and O–H groups in total. The van der Waals surface area contributed by atoms with Crippen molar-refractivity contribution in [3.8, 4) is 21.8 Å². The molecule has 152 valence electrons. The summed E-state index contributed by atoms with van der Waals surface area (Å²) in [4.78, 5) is 18.8. The quantitative estimate of drug-likeness (QED) is 0.501. The molecule has 1 aliphatic heterocycles. The number of thiophene rings is 1. The second kappa shape index (κ2) is 8.01. The Bertz CT molecular complexity index is 1180. The third-order valence-electron chi connectivity index (χ3n) is 5.30. The van der Waals surface area contributed by atoms with Gasteiger partial charge >= 0.3 is 0 Å². The van der Waals surface area contributed by atoms with Gasteiger partial charge in [0.05, 0.1) is 27.6 Å². The van der Waals surface area contributed by atoms with Crippen LogP contribution in [0.1, 0.15) is 28.8 Å². The van der Waals surface area contributed by atoms with Gasteiger partial charge in [-0.3, -0.25) is 4.79 Å². The molecule has 0 spiro atoms. The maximum absolute atomic E-state index is 13.2. The van der Waals surface area contributed by atoms with E-state index >= 15 is 0 Å². The number of hydrogen-bond donors (Lipinski definition) is 1. The molecular weight excluding hydrogens is 398 g/mol. The van der Waals surface area contributed by atoms with Crippen LogP contribution in [0.3, 0.4) is 0 Å². The van der Waals surface area contributed by atoms with Crippen LogP contribution in [0.2, 0.25) is 0 Å². The number of fused-ring (bicyclic) bond motifs is 1. The number of amides is 1. The summed E-state index contributed by atoms with van der Waals surface area (Å²) in [6.45, 7) is 3.28. The number of nitrogens with zero attached hydrogens (tertiary/aromatic N) is 2. The fraction of sp³-hybridized carbons (Fsp3) is 0.261. The molecule has 30 heavy (non-hydrogen) atoms. The molecule has 4 heterocycles. The first-order chi connectivity index (χ1) is 14.7. The van der Waals surface area contributed by atoms with Crippen molar-refractivity contribution in [2.75, 3.05) is 13.2 Å². The van der Waals surface area contributed by atoms with E-state index in [1.165, 1.54) is 0 Å². The second-order valence-electron chi connectivity index (χ2n) is 7.45. The van der Waals surface area contributed by atoms with Crippen molar-refractivity contribution in [1.29, 1.82) is 0 Å². The first kappa shape index (κ1) is 19.0. The summed E-state index contributed by atoms with van der Waals surface area (Å²) in [5.74, 6) is -0.174. The summed E-state index contributed by atoms with van der Waals surface area (Å²) < 4.78 is 11.2. The van der Waals surface area contributed by atoms with E-state index in [-0.39, 0.29) is 12.0 Å². The van der Waals surface area contributed by atoms with Crippen LogP contribution in [0.15, 0.2) is 52.4 Å². The molecule has 6 nitrogen and oxygen atoms in total. The van der Waals surface area contributed by atoms with Crippen LogP contribution in [0, 0.1) is 6.92 Å². The summed E-state index contributed by atoms with van der Waals surface area (Å²) in [5, 5.41) is 9.90. The molecule has 1 amide bonds. The Balaban J connectivity index is 1.59. The second-order valence-corrected chi connectivity index (χ2v) is 8.40. The van der Waals surface area contributed by atoms with Gasteiger partial charge in [0, 0.05) is 18.7 Å². The Hall–Kier alpha value is -3.03. The minimum Gasteiger partial charge on any atom is -0.376 e. The maximum atomic E-state index is 13.2. The predicted molar refractivity (Wildman–Crippen MR) is 117 cm³/mol. The van der Waals surface area contributed by atoms with E-state index < -0.39 is 0 Å². The van der Waals surface area contributed by atoms with Crippen LogP contribution in [-0.2, 0) is 4.74 Å². The van der Waals surface area contributed by atoms with Crippen molar-refractivity contribution in [3.05, 3.63) is 59.0 Å². The number of hydrogen-bond acceptors (Lipinski definition) is 6. The predicted octanol–water partition coefficient (Wildman–Crippen LogP) is 4.84. The van der Waals surface area contributed by atoms with E-state index in [1.807, 2.05) is 54.8 Å². The highest BCUT2D eigenvalue weighted by Gasteiger charge is 2.23. The lowest BCUT2D eigenvalue weighted by Gasteiger charge is -2.12. The van der Waals surface area contributed by atoms with Gasteiger partial charge in [0.25, 0.3) is 11.6 Å². The van der Waals surface area contributed by atoms with E-state index in [2.05, 4.69) is 15.5 Å². The van der Waals surface area contributed by atoms with Crippen molar-refractivity contribution < 1.29 is 14.1 Å². The molecule has 0 radical (unpaired) electrons. The maximum Gasteiger partial charge on any atom is 0.259 e. The smallest absolute Gasteiger partial charge is 0.259 e. The molecule has 1 aromatic carbocycles. The van der Waals surface area contributed by atoms with Crippen molar-refractivity contribution in [1.82, 2.24) is 15.5 Å². The molecule has 4 aromatic rings. The molecule has 1 fully saturated rings. The summed E-state index contributed by atoms with van der Waals surface area (Å²) in [5.41, 5.74) is 4.23. The Kier molecular flexibility index (Phi) is 5.06. The highest BCUT2D eigenvalue weighted by atomic mass is 32.1. The number of rotatable bonds is 5. The lowest BCUT2D eigenvalue weighted by molar-refractivity contribution is 0.0859. The number of pyridine rings is 1. The zero-order valence-electron chi connectivity index (χ0n) is 16.6. The van der Waals surface area contributed by atoms with Crippen LogP contribution in [-0.4, -0.2) is 35.3 Å². The first-order valence-corrected chi connectivity index (χ1v) is 10.9. The molecule has 1 unspecified atom stereocenters. The Morgan fingerprint density at radius 1 is 1.27 bits per heavy atom. The monoisotopic (exact) mass is 419 g/mol. The van der Waals surface area contributed by atoms with Crippen molar-refractivity contribution in [2.45, 2.75) is 25.9 Å². The molecule has 7 heteroatoms. The molecule has 5 rings (SSSR count). The zero-order valence-corrected chi connectivity index (χ0v) is 17.4. The average molecular weight is 420 g/mol. The summed E-state index contributed by atoms with van der Waals surface area (Å²) >= 11 is 1.57. The van der Waals surface area contributed by atoms with Gasteiger partial charge in [-0.1, -0.05) is 41.1 Å². The van der Waals surface area contributed by atoms with Crippen molar-refractivity contribution in [2.24, 2.45) is 0 Å². The van der Waals surface area contributed by atoms with Gasteiger partial charge in [0.2, 0.25) is 0 Å². The van der Waals surface area contributed by atoms with E-state index in [0.717, 1.165) is 35.5 Å². The topological polar surface area (TPSA) is 77.2 Å². The standard InChI is InChI=1S/C23H21N3O3S/c1-14-6-8-15(9-7-14)21-20-17(22(27)24-13-16-4-2-10-28-16)12-18(19-5-3-11-30-19)25-23(20)29-26-21/h3,5-9,11-12,16H,2,4,10,13H2,1H3,(H,24,27). The van der Waals surface area contributed by atoms with Gasteiger partial charge in [0.1, 0.15) is 5.69 Å². The van der Waals surface area contributed by atoms with Crippen LogP contribution < -0.4 is 5.32 Å². The molecule has 0 saturated carbocycles. The molecule has 1 atom stereocenters. The minimum atomic E-state index is -0.174. The third-order valence-corrected chi connectivity index (χ3v) is 6.20. The van der Waals surface area contributed by atoms with Gasteiger partial charge < -0.3 is 14.6 Å². The summed E-state index contributed by atoms with van der Waals surface area (Å²) in [7, 11) is 0. The fourth-order valence-electron chi connectivity index (χ4n) is 3.70. The molecule has 0 aliphatic carbocycles. The molecule has 0 bridgehead atoms. The Morgan fingerprint density at radius 2 is 2.13 bits per heavy atom. The molecule has 3 aromatic heterocycles. The van der Waals surface area contributed by atoms with Crippen LogP contribution in [0.4, 0.5) is 0 Å². The third kappa shape index (κ3) is 3.62. The van der Waals surface area contributed by atoms with E-state index in [4.69, 9.17) is 9.26 Å². The van der Waals surface area contributed by atoms with Crippen LogP contribution in [0.25, 0.3) is 32.9 Å². The highest BCUT2D eigenvalue weighted by molar-refractivity contribution is 7.13. The lowest BCUT2D eigenvalue weighted by Crippen LogP contribution is -2.32.